The molecule has 0 saturated carbocycles. The minimum Gasteiger partial charge on any atom is -0.478 e. The van der Waals surface area contributed by atoms with E-state index in [4.69, 9.17) is 5.11 Å². The molecule has 0 spiro atoms. The van der Waals surface area contributed by atoms with E-state index in [1.54, 1.807) is 12.1 Å². The molecule has 21 heavy (non-hydrogen) atoms. The van der Waals surface area contributed by atoms with Crippen molar-refractivity contribution in [2.45, 2.75) is 53.0 Å². The predicted molar refractivity (Wildman–Crippen MR) is 84.9 cm³/mol. The molecule has 1 aromatic carbocycles. The number of nitrogens with zero attached hydrogens (tertiary/aromatic N) is 2. The number of hydrogen-bond acceptors (Lipinski definition) is 2. The Balaban J connectivity index is 2.58. The number of fused-ring (bicyclic) bond motifs is 1. The van der Waals surface area contributed by atoms with Gasteiger partial charge < -0.3 is 9.67 Å². The van der Waals surface area contributed by atoms with Crippen LogP contribution in [0.15, 0.2) is 18.2 Å². The Kier molecular flexibility index (Phi) is 4.66. The number of carboxylic acid groups (broad SMARTS) is 1. The van der Waals surface area contributed by atoms with Gasteiger partial charge in [-0.1, -0.05) is 33.6 Å². The van der Waals surface area contributed by atoms with Crippen molar-refractivity contribution in [2.75, 3.05) is 0 Å². The maximum absolute atomic E-state index is 11.1. The van der Waals surface area contributed by atoms with Crippen LogP contribution in [0.4, 0.5) is 0 Å². The Bertz CT molecular complexity index is 642. The summed E-state index contributed by atoms with van der Waals surface area (Å²) < 4.78 is 2.29. The SMILES string of the molecule is CCc1nc2cc(C(=O)O)ccc2n1C(C)C(CC)CC. The van der Waals surface area contributed by atoms with E-state index in [-0.39, 0.29) is 0 Å². The largest absolute Gasteiger partial charge is 0.478 e. The van der Waals surface area contributed by atoms with Gasteiger partial charge in [-0.2, -0.15) is 0 Å². The first-order valence-corrected chi connectivity index (χ1v) is 7.77. The normalized spacial score (nSPS) is 13.0. The number of rotatable bonds is 6. The van der Waals surface area contributed by atoms with Crippen LogP contribution in [0.2, 0.25) is 0 Å². The van der Waals surface area contributed by atoms with Gasteiger partial charge in [0.25, 0.3) is 0 Å². The Morgan fingerprint density at radius 3 is 2.48 bits per heavy atom. The minimum absolute atomic E-state index is 0.296. The molecule has 2 rings (SSSR count). The quantitative estimate of drug-likeness (QED) is 0.862. The molecular formula is C17H24N2O2. The fraction of sp³-hybridized carbons (Fsp3) is 0.529. The zero-order valence-corrected chi connectivity index (χ0v) is 13.3. The smallest absolute Gasteiger partial charge is 0.335 e. The Labute approximate surface area is 125 Å². The fourth-order valence-corrected chi connectivity index (χ4v) is 3.17. The monoisotopic (exact) mass is 288 g/mol. The number of aromatic nitrogens is 2. The van der Waals surface area contributed by atoms with Gasteiger partial charge in [-0.25, -0.2) is 9.78 Å². The summed E-state index contributed by atoms with van der Waals surface area (Å²) in [6.07, 6.45) is 3.11. The van der Waals surface area contributed by atoms with Crippen molar-refractivity contribution in [3.8, 4) is 0 Å². The molecule has 114 valence electrons. The van der Waals surface area contributed by atoms with Crippen molar-refractivity contribution in [3.05, 3.63) is 29.6 Å². The number of hydrogen-bond donors (Lipinski definition) is 1. The Morgan fingerprint density at radius 1 is 1.29 bits per heavy atom. The molecule has 1 atom stereocenters. The van der Waals surface area contributed by atoms with Crippen LogP contribution in [-0.2, 0) is 6.42 Å². The van der Waals surface area contributed by atoms with Crippen molar-refractivity contribution in [1.29, 1.82) is 0 Å². The number of aryl methyl sites for hydroxylation is 1. The lowest BCUT2D eigenvalue weighted by Gasteiger charge is -2.25. The molecule has 1 aromatic heterocycles. The van der Waals surface area contributed by atoms with Gasteiger partial charge in [-0.15, -0.1) is 0 Å². The lowest BCUT2D eigenvalue weighted by molar-refractivity contribution is 0.0697. The van der Waals surface area contributed by atoms with E-state index in [0.717, 1.165) is 36.1 Å². The molecule has 0 saturated heterocycles. The van der Waals surface area contributed by atoms with Crippen LogP contribution in [0.25, 0.3) is 11.0 Å². The van der Waals surface area contributed by atoms with Crippen molar-refractivity contribution in [2.24, 2.45) is 5.92 Å². The van der Waals surface area contributed by atoms with Crippen molar-refractivity contribution in [3.63, 3.8) is 0 Å². The highest BCUT2D eigenvalue weighted by Gasteiger charge is 2.21. The summed E-state index contributed by atoms with van der Waals surface area (Å²) in [7, 11) is 0. The molecule has 0 bridgehead atoms. The molecule has 4 nitrogen and oxygen atoms in total. The van der Waals surface area contributed by atoms with Gasteiger partial charge in [0.05, 0.1) is 16.6 Å². The van der Waals surface area contributed by atoms with Crippen LogP contribution in [0.3, 0.4) is 0 Å². The summed E-state index contributed by atoms with van der Waals surface area (Å²) in [5, 5.41) is 9.12. The number of imidazole rings is 1. The molecule has 0 aliphatic heterocycles. The van der Waals surface area contributed by atoms with Gasteiger partial charge in [-0.05, 0) is 31.0 Å². The summed E-state index contributed by atoms with van der Waals surface area (Å²) in [5.41, 5.74) is 2.12. The molecule has 0 fully saturated rings. The van der Waals surface area contributed by atoms with Gasteiger partial charge >= 0.3 is 5.97 Å². The minimum atomic E-state index is -0.905. The predicted octanol–water partition coefficient (Wildman–Crippen LogP) is 4.29. The molecule has 0 aliphatic rings. The van der Waals surface area contributed by atoms with E-state index in [0.29, 0.717) is 17.5 Å². The molecule has 0 amide bonds. The van der Waals surface area contributed by atoms with Crippen molar-refractivity contribution >= 4 is 17.0 Å². The van der Waals surface area contributed by atoms with E-state index in [1.165, 1.54) is 0 Å². The Morgan fingerprint density at radius 2 is 1.95 bits per heavy atom. The third-order valence-corrected chi connectivity index (χ3v) is 4.46. The first-order chi connectivity index (χ1) is 10.0. The van der Waals surface area contributed by atoms with E-state index in [1.807, 2.05) is 6.07 Å². The number of carbonyl (C=O) groups is 1. The maximum atomic E-state index is 11.1. The number of benzene rings is 1. The van der Waals surface area contributed by atoms with Gasteiger partial charge in [0.15, 0.2) is 0 Å². The van der Waals surface area contributed by atoms with Gasteiger partial charge in [0.2, 0.25) is 0 Å². The second kappa shape index (κ2) is 6.29. The second-order valence-electron chi connectivity index (χ2n) is 5.58. The topological polar surface area (TPSA) is 55.1 Å². The molecule has 1 unspecified atom stereocenters. The van der Waals surface area contributed by atoms with Crippen LogP contribution in [0.1, 0.15) is 62.8 Å². The average Bonchev–Trinajstić information content (AvgIpc) is 2.85. The van der Waals surface area contributed by atoms with Crippen LogP contribution < -0.4 is 0 Å². The summed E-state index contributed by atoms with van der Waals surface area (Å²) in [6.45, 7) is 8.77. The standard InChI is InChI=1S/C17H24N2O2/c1-5-12(6-2)11(4)19-15-9-8-13(17(20)21)10-14(15)18-16(19)7-3/h8-12H,5-7H2,1-4H3,(H,20,21). The van der Waals surface area contributed by atoms with Crippen molar-refractivity contribution in [1.82, 2.24) is 9.55 Å². The zero-order valence-electron chi connectivity index (χ0n) is 13.3. The fourth-order valence-electron chi connectivity index (χ4n) is 3.17. The molecule has 0 aliphatic carbocycles. The molecule has 1 N–H and O–H groups in total. The first kappa shape index (κ1) is 15.5. The van der Waals surface area contributed by atoms with Crippen molar-refractivity contribution < 1.29 is 9.90 Å². The van der Waals surface area contributed by atoms with Gasteiger partial charge in [0.1, 0.15) is 5.82 Å². The molecular weight excluding hydrogens is 264 g/mol. The summed E-state index contributed by atoms with van der Waals surface area (Å²) in [5.74, 6) is 0.733. The highest BCUT2D eigenvalue weighted by atomic mass is 16.4. The van der Waals surface area contributed by atoms with Crippen LogP contribution in [0, 0.1) is 5.92 Å². The summed E-state index contributed by atoms with van der Waals surface area (Å²) >= 11 is 0. The first-order valence-electron chi connectivity index (χ1n) is 7.77. The van der Waals surface area contributed by atoms with E-state index < -0.39 is 5.97 Å². The van der Waals surface area contributed by atoms with E-state index in [9.17, 15) is 4.79 Å². The number of aromatic carboxylic acids is 1. The van der Waals surface area contributed by atoms with Crippen LogP contribution in [0.5, 0.6) is 0 Å². The molecule has 2 aromatic rings. The highest BCUT2D eigenvalue weighted by molar-refractivity contribution is 5.92. The zero-order chi connectivity index (χ0) is 15.6. The van der Waals surface area contributed by atoms with E-state index >= 15 is 0 Å². The second-order valence-corrected chi connectivity index (χ2v) is 5.58. The lowest BCUT2D eigenvalue weighted by atomic mass is 9.95. The lowest BCUT2D eigenvalue weighted by Crippen LogP contribution is -2.17. The van der Waals surface area contributed by atoms with Crippen LogP contribution >= 0.6 is 0 Å². The molecule has 4 heteroatoms. The third kappa shape index (κ3) is 2.80. The Hall–Kier alpha value is -1.84. The van der Waals surface area contributed by atoms with Crippen LogP contribution in [-0.4, -0.2) is 20.6 Å². The van der Waals surface area contributed by atoms with Gasteiger partial charge in [-0.3, -0.25) is 0 Å². The third-order valence-electron chi connectivity index (χ3n) is 4.46. The molecule has 1 heterocycles. The maximum Gasteiger partial charge on any atom is 0.335 e. The molecule has 0 radical (unpaired) electrons. The number of carboxylic acids is 1. The highest BCUT2D eigenvalue weighted by Crippen LogP contribution is 2.30. The van der Waals surface area contributed by atoms with E-state index in [2.05, 4.69) is 37.2 Å². The van der Waals surface area contributed by atoms with Gasteiger partial charge in [0, 0.05) is 12.5 Å². The average molecular weight is 288 g/mol. The summed E-state index contributed by atoms with van der Waals surface area (Å²) in [6, 6.07) is 5.61. The summed E-state index contributed by atoms with van der Waals surface area (Å²) in [4.78, 5) is 15.8.